The first-order valence-electron chi connectivity index (χ1n) is 12.0. The van der Waals surface area contributed by atoms with Crippen molar-refractivity contribution in [1.82, 2.24) is 19.9 Å². The molecule has 2 heterocycles. The second-order valence-electron chi connectivity index (χ2n) is 8.79. The van der Waals surface area contributed by atoms with Gasteiger partial charge in [-0.3, -0.25) is 9.59 Å². The number of hydrogen-bond acceptors (Lipinski definition) is 7. The molecule has 9 nitrogen and oxygen atoms in total. The normalized spacial score (nSPS) is 13.9. The van der Waals surface area contributed by atoms with Crippen LogP contribution in [0.3, 0.4) is 0 Å². The van der Waals surface area contributed by atoms with Crippen LogP contribution in [-0.4, -0.2) is 85.7 Å². The van der Waals surface area contributed by atoms with Gasteiger partial charge in [0.2, 0.25) is 5.91 Å². The molecule has 36 heavy (non-hydrogen) atoms. The van der Waals surface area contributed by atoms with Crippen molar-refractivity contribution in [2.45, 2.75) is 13.0 Å². The molecule has 0 atom stereocenters. The maximum Gasteiger partial charge on any atom is 0.276 e. The number of benzene rings is 2. The number of methoxy groups -OCH3 is 2. The first kappa shape index (κ1) is 25.2. The number of ether oxygens (including phenoxy) is 2. The number of rotatable bonds is 9. The van der Waals surface area contributed by atoms with Gasteiger partial charge in [0, 0.05) is 51.8 Å². The molecule has 0 bridgehead atoms. The molecular formula is C27H32N4O5. The third-order valence-electron chi connectivity index (χ3n) is 6.36. The molecule has 0 N–H and O–H groups in total. The standard InChI is InChI=1S/C27H32N4O5/c1-29-13-15-30(16-14-29)26(32)11-12-31(19-20-7-5-4-6-8-20)27(33)23-18-25(36-28-23)22-17-21(34-2)9-10-24(22)35-3/h4-10,17-18H,11-16,19H2,1-3H3. The predicted octanol–water partition coefficient (Wildman–Crippen LogP) is 3.17. The molecule has 0 unspecified atom stereocenters. The van der Waals surface area contributed by atoms with Crippen LogP contribution in [0.4, 0.5) is 0 Å². The molecule has 0 saturated carbocycles. The SMILES string of the molecule is COc1ccc(OC)c(-c2cc(C(=O)N(CCC(=O)N3CCN(C)CC3)Cc3ccccc3)no2)c1. The fraction of sp³-hybridized carbons (Fsp3) is 0.370. The van der Waals surface area contributed by atoms with Crippen LogP contribution >= 0.6 is 0 Å². The minimum absolute atomic E-state index is 0.0518. The highest BCUT2D eigenvalue weighted by molar-refractivity contribution is 5.93. The second kappa shape index (κ2) is 11.7. The maximum absolute atomic E-state index is 13.5. The highest BCUT2D eigenvalue weighted by atomic mass is 16.5. The number of piperazine rings is 1. The Kier molecular flexibility index (Phi) is 8.22. The Labute approximate surface area is 211 Å². The van der Waals surface area contributed by atoms with Crippen molar-refractivity contribution in [1.29, 1.82) is 0 Å². The molecule has 190 valence electrons. The van der Waals surface area contributed by atoms with Gasteiger partial charge in [0.15, 0.2) is 11.5 Å². The molecule has 1 aliphatic rings. The summed E-state index contributed by atoms with van der Waals surface area (Å²) < 4.78 is 16.3. The summed E-state index contributed by atoms with van der Waals surface area (Å²) in [5.41, 5.74) is 1.76. The first-order valence-corrected chi connectivity index (χ1v) is 12.0. The van der Waals surface area contributed by atoms with E-state index in [9.17, 15) is 9.59 Å². The van der Waals surface area contributed by atoms with Crippen LogP contribution in [0.2, 0.25) is 0 Å². The number of hydrogen-bond donors (Lipinski definition) is 0. The Morgan fingerprint density at radius 3 is 2.44 bits per heavy atom. The smallest absolute Gasteiger partial charge is 0.276 e. The van der Waals surface area contributed by atoms with Gasteiger partial charge in [0.05, 0.1) is 19.8 Å². The lowest BCUT2D eigenvalue weighted by atomic mass is 10.1. The highest BCUT2D eigenvalue weighted by Crippen LogP contribution is 2.34. The van der Waals surface area contributed by atoms with Crippen LogP contribution in [0.15, 0.2) is 59.1 Å². The Bertz CT molecular complexity index is 1170. The van der Waals surface area contributed by atoms with Crippen molar-refractivity contribution >= 4 is 11.8 Å². The second-order valence-corrected chi connectivity index (χ2v) is 8.79. The van der Waals surface area contributed by atoms with E-state index in [1.165, 1.54) is 0 Å². The van der Waals surface area contributed by atoms with Gasteiger partial charge in [-0.15, -0.1) is 0 Å². The van der Waals surface area contributed by atoms with Gasteiger partial charge < -0.3 is 28.7 Å². The van der Waals surface area contributed by atoms with Crippen LogP contribution in [0.25, 0.3) is 11.3 Å². The van der Waals surface area contributed by atoms with Crippen LogP contribution in [-0.2, 0) is 11.3 Å². The number of amides is 2. The van der Waals surface area contributed by atoms with E-state index in [1.807, 2.05) is 35.2 Å². The zero-order chi connectivity index (χ0) is 25.5. The number of aromatic nitrogens is 1. The summed E-state index contributed by atoms with van der Waals surface area (Å²) >= 11 is 0. The van der Waals surface area contributed by atoms with Gasteiger partial charge in [-0.2, -0.15) is 0 Å². The molecule has 0 aliphatic carbocycles. The average molecular weight is 493 g/mol. The molecular weight excluding hydrogens is 460 g/mol. The van der Waals surface area contributed by atoms with Gasteiger partial charge in [-0.1, -0.05) is 35.5 Å². The topological polar surface area (TPSA) is 88.4 Å². The lowest BCUT2D eigenvalue weighted by Gasteiger charge is -2.33. The number of carbonyl (C=O) groups excluding carboxylic acids is 2. The van der Waals surface area contributed by atoms with Crippen molar-refractivity contribution in [2.75, 3.05) is 54.0 Å². The summed E-state index contributed by atoms with van der Waals surface area (Å²) in [6, 6.07) is 16.6. The third-order valence-corrected chi connectivity index (χ3v) is 6.36. The zero-order valence-corrected chi connectivity index (χ0v) is 21.0. The van der Waals surface area contributed by atoms with E-state index >= 15 is 0 Å². The summed E-state index contributed by atoms with van der Waals surface area (Å²) in [4.78, 5) is 32.1. The molecule has 1 aromatic heterocycles. The minimum atomic E-state index is -0.304. The van der Waals surface area contributed by atoms with E-state index in [2.05, 4.69) is 17.1 Å². The van der Waals surface area contributed by atoms with Gasteiger partial charge in [0.1, 0.15) is 11.5 Å². The van der Waals surface area contributed by atoms with Gasteiger partial charge in [0.25, 0.3) is 5.91 Å². The first-order chi connectivity index (χ1) is 17.5. The fourth-order valence-electron chi connectivity index (χ4n) is 4.17. The molecule has 0 spiro atoms. The Morgan fingerprint density at radius 2 is 1.75 bits per heavy atom. The van der Waals surface area contributed by atoms with Crippen molar-refractivity contribution in [2.24, 2.45) is 0 Å². The summed E-state index contributed by atoms with van der Waals surface area (Å²) in [6.45, 7) is 3.76. The number of nitrogens with zero attached hydrogens (tertiary/aromatic N) is 4. The van der Waals surface area contributed by atoms with E-state index in [4.69, 9.17) is 14.0 Å². The molecule has 1 saturated heterocycles. The summed E-state index contributed by atoms with van der Waals surface area (Å²) in [6.07, 6.45) is 0.247. The summed E-state index contributed by atoms with van der Waals surface area (Å²) in [7, 11) is 5.19. The van der Waals surface area contributed by atoms with Crippen molar-refractivity contribution < 1.29 is 23.6 Å². The molecule has 0 radical (unpaired) electrons. The molecule has 9 heteroatoms. The van der Waals surface area contributed by atoms with Crippen molar-refractivity contribution in [3.63, 3.8) is 0 Å². The van der Waals surface area contributed by atoms with Crippen molar-refractivity contribution in [3.05, 3.63) is 65.9 Å². The molecule has 1 aliphatic heterocycles. The lowest BCUT2D eigenvalue weighted by molar-refractivity contribution is -0.133. The minimum Gasteiger partial charge on any atom is -0.497 e. The third kappa shape index (κ3) is 6.04. The van der Waals surface area contributed by atoms with E-state index in [1.54, 1.807) is 43.4 Å². The summed E-state index contributed by atoms with van der Waals surface area (Å²) in [5, 5.41) is 4.05. The highest BCUT2D eigenvalue weighted by Gasteiger charge is 2.25. The molecule has 1 fully saturated rings. The van der Waals surface area contributed by atoms with Gasteiger partial charge in [-0.05, 0) is 30.8 Å². The zero-order valence-electron chi connectivity index (χ0n) is 21.0. The van der Waals surface area contributed by atoms with E-state index < -0.39 is 0 Å². The van der Waals surface area contributed by atoms with E-state index in [-0.39, 0.29) is 30.5 Å². The Hall–Kier alpha value is -3.85. The van der Waals surface area contributed by atoms with Gasteiger partial charge in [-0.25, -0.2) is 0 Å². The van der Waals surface area contributed by atoms with E-state index in [0.29, 0.717) is 42.5 Å². The van der Waals surface area contributed by atoms with Crippen LogP contribution in [0.1, 0.15) is 22.5 Å². The number of carbonyl (C=O) groups is 2. The maximum atomic E-state index is 13.5. The Morgan fingerprint density at radius 1 is 1.00 bits per heavy atom. The molecule has 3 aromatic rings. The van der Waals surface area contributed by atoms with Crippen LogP contribution in [0.5, 0.6) is 11.5 Å². The Balaban J connectivity index is 1.52. The van der Waals surface area contributed by atoms with Crippen LogP contribution in [0, 0.1) is 0 Å². The molecule has 4 rings (SSSR count). The fourth-order valence-corrected chi connectivity index (χ4v) is 4.17. The van der Waals surface area contributed by atoms with Gasteiger partial charge >= 0.3 is 0 Å². The lowest BCUT2D eigenvalue weighted by Crippen LogP contribution is -2.47. The quantitative estimate of drug-likeness (QED) is 0.453. The molecule has 2 amide bonds. The number of likely N-dealkylation sites (N-methyl/N-ethyl adjacent to an activating group) is 1. The average Bonchev–Trinajstić information content (AvgIpc) is 3.41. The van der Waals surface area contributed by atoms with E-state index in [0.717, 1.165) is 18.7 Å². The van der Waals surface area contributed by atoms with Crippen LogP contribution < -0.4 is 9.47 Å². The predicted molar refractivity (Wildman–Crippen MR) is 135 cm³/mol. The summed E-state index contributed by atoms with van der Waals surface area (Å²) in [5.74, 6) is 1.34. The monoisotopic (exact) mass is 492 g/mol. The largest absolute Gasteiger partial charge is 0.497 e. The molecule has 2 aromatic carbocycles. The van der Waals surface area contributed by atoms with Crippen molar-refractivity contribution in [3.8, 4) is 22.8 Å².